The van der Waals surface area contributed by atoms with Crippen molar-refractivity contribution >= 4 is 29.1 Å². The van der Waals surface area contributed by atoms with Gasteiger partial charge >= 0.3 is 0 Å². The molecule has 0 saturated carbocycles. The van der Waals surface area contributed by atoms with Crippen LogP contribution in [0.2, 0.25) is 10.0 Å². The van der Waals surface area contributed by atoms with Gasteiger partial charge in [0.05, 0.1) is 0 Å². The van der Waals surface area contributed by atoms with Crippen molar-refractivity contribution in [3.63, 3.8) is 0 Å². The van der Waals surface area contributed by atoms with Gasteiger partial charge in [0.1, 0.15) is 0 Å². The van der Waals surface area contributed by atoms with Crippen molar-refractivity contribution < 1.29 is 4.79 Å². The summed E-state index contributed by atoms with van der Waals surface area (Å²) in [4.78, 5) is 17.3. The summed E-state index contributed by atoms with van der Waals surface area (Å²) >= 11 is 12.1. The first-order valence-electron chi connectivity index (χ1n) is 8.99. The van der Waals surface area contributed by atoms with E-state index in [1.54, 1.807) is 18.2 Å². The largest absolute Gasteiger partial charge is 0.338 e. The number of carbonyl (C=O) groups excluding carboxylic acids is 1. The van der Waals surface area contributed by atoms with E-state index in [-0.39, 0.29) is 5.91 Å². The van der Waals surface area contributed by atoms with E-state index in [1.807, 2.05) is 4.90 Å². The average molecular weight is 369 g/mol. The smallest absolute Gasteiger partial charge is 0.253 e. The minimum Gasteiger partial charge on any atom is -0.338 e. The fraction of sp³-hybridized carbons (Fsp3) is 0.632. The number of benzene rings is 1. The molecule has 0 radical (unpaired) electrons. The lowest BCUT2D eigenvalue weighted by atomic mass is 9.94. The summed E-state index contributed by atoms with van der Waals surface area (Å²) < 4.78 is 0. The lowest BCUT2D eigenvalue weighted by Gasteiger charge is -2.38. The summed E-state index contributed by atoms with van der Waals surface area (Å²) in [5.74, 6) is 1.49. The maximum Gasteiger partial charge on any atom is 0.253 e. The number of halogens is 2. The molecule has 1 aromatic rings. The van der Waals surface area contributed by atoms with E-state index in [0.29, 0.717) is 21.5 Å². The maximum atomic E-state index is 12.8. The SMILES string of the molecule is CC1CCN(CC2CCCN(C(=O)c3cc(Cl)cc(Cl)c3)C2)CC1. The van der Waals surface area contributed by atoms with Gasteiger partial charge in [-0.1, -0.05) is 30.1 Å². The molecule has 2 heterocycles. The zero-order valence-electron chi connectivity index (χ0n) is 14.3. The Labute approximate surface area is 154 Å². The molecule has 1 atom stereocenters. The second-order valence-electron chi connectivity index (χ2n) is 7.40. The summed E-state index contributed by atoms with van der Waals surface area (Å²) in [6, 6.07) is 5.09. The third-order valence-electron chi connectivity index (χ3n) is 5.31. The van der Waals surface area contributed by atoms with Crippen LogP contribution in [0.5, 0.6) is 0 Å². The molecular formula is C19H26Cl2N2O. The maximum absolute atomic E-state index is 12.8. The molecular weight excluding hydrogens is 343 g/mol. The van der Waals surface area contributed by atoms with Crippen LogP contribution in [0.15, 0.2) is 18.2 Å². The molecule has 1 amide bonds. The fourth-order valence-corrected chi connectivity index (χ4v) is 4.39. The van der Waals surface area contributed by atoms with Crippen LogP contribution < -0.4 is 0 Å². The first-order valence-corrected chi connectivity index (χ1v) is 9.74. The number of rotatable bonds is 3. The van der Waals surface area contributed by atoms with Gasteiger partial charge in [-0.05, 0) is 68.8 Å². The quantitative estimate of drug-likeness (QED) is 0.779. The van der Waals surface area contributed by atoms with E-state index < -0.39 is 0 Å². The van der Waals surface area contributed by atoms with Crippen molar-refractivity contribution in [2.45, 2.75) is 32.6 Å². The lowest BCUT2D eigenvalue weighted by Crippen LogP contribution is -2.45. The van der Waals surface area contributed by atoms with Crippen molar-refractivity contribution in [1.29, 1.82) is 0 Å². The number of hydrogen-bond donors (Lipinski definition) is 0. The van der Waals surface area contributed by atoms with Gasteiger partial charge < -0.3 is 9.80 Å². The van der Waals surface area contributed by atoms with Gasteiger partial charge in [0, 0.05) is 35.2 Å². The first-order chi connectivity index (χ1) is 11.5. The van der Waals surface area contributed by atoms with Crippen LogP contribution in [0, 0.1) is 11.8 Å². The number of carbonyl (C=O) groups is 1. The van der Waals surface area contributed by atoms with Crippen LogP contribution in [0.1, 0.15) is 43.0 Å². The third-order valence-corrected chi connectivity index (χ3v) is 5.74. The summed E-state index contributed by atoms with van der Waals surface area (Å²) in [6.07, 6.45) is 4.90. The van der Waals surface area contributed by atoms with E-state index in [9.17, 15) is 4.79 Å². The molecule has 3 rings (SSSR count). The van der Waals surface area contributed by atoms with E-state index in [1.165, 1.54) is 32.4 Å². The second kappa shape index (κ2) is 8.07. The van der Waals surface area contributed by atoms with Gasteiger partial charge in [-0.3, -0.25) is 4.79 Å². The van der Waals surface area contributed by atoms with Crippen molar-refractivity contribution in [2.24, 2.45) is 11.8 Å². The van der Waals surface area contributed by atoms with Gasteiger partial charge in [0.15, 0.2) is 0 Å². The fourth-order valence-electron chi connectivity index (χ4n) is 3.87. The Bertz CT molecular complexity index is 564. The number of hydrogen-bond acceptors (Lipinski definition) is 2. The molecule has 1 aromatic carbocycles. The first kappa shape index (κ1) is 18.0. The Kier molecular flexibility index (Phi) is 6.07. The van der Waals surface area contributed by atoms with Crippen molar-refractivity contribution in [3.05, 3.63) is 33.8 Å². The van der Waals surface area contributed by atoms with Crippen LogP contribution in [0.25, 0.3) is 0 Å². The Hall–Kier alpha value is -0.770. The van der Waals surface area contributed by atoms with E-state index in [4.69, 9.17) is 23.2 Å². The normalized spacial score (nSPS) is 23.5. The Morgan fingerprint density at radius 1 is 1.08 bits per heavy atom. The Morgan fingerprint density at radius 2 is 1.75 bits per heavy atom. The van der Waals surface area contributed by atoms with Gasteiger partial charge in [-0.25, -0.2) is 0 Å². The standard InChI is InChI=1S/C19H26Cl2N2O/c1-14-4-7-22(8-5-14)12-15-3-2-6-23(13-15)19(24)16-9-17(20)11-18(21)10-16/h9-11,14-15H,2-8,12-13H2,1H3. The Balaban J connectivity index is 1.59. The molecule has 0 spiro atoms. The molecule has 2 aliphatic rings. The van der Waals surface area contributed by atoms with Gasteiger partial charge in [0.25, 0.3) is 5.91 Å². The monoisotopic (exact) mass is 368 g/mol. The molecule has 0 N–H and O–H groups in total. The van der Waals surface area contributed by atoms with Gasteiger partial charge in [-0.2, -0.15) is 0 Å². The van der Waals surface area contributed by atoms with E-state index >= 15 is 0 Å². The number of nitrogens with zero attached hydrogens (tertiary/aromatic N) is 2. The van der Waals surface area contributed by atoms with E-state index in [0.717, 1.165) is 32.0 Å². The molecule has 5 heteroatoms. The zero-order chi connectivity index (χ0) is 17.1. The highest BCUT2D eigenvalue weighted by molar-refractivity contribution is 6.35. The zero-order valence-corrected chi connectivity index (χ0v) is 15.8. The minimum atomic E-state index is 0.0522. The van der Waals surface area contributed by atoms with Crippen LogP contribution in [-0.2, 0) is 0 Å². The summed E-state index contributed by atoms with van der Waals surface area (Å²) in [7, 11) is 0. The lowest BCUT2D eigenvalue weighted by molar-refractivity contribution is 0.0622. The number of piperidine rings is 2. The van der Waals surface area contributed by atoms with Gasteiger partial charge in [-0.15, -0.1) is 0 Å². The van der Waals surface area contributed by atoms with Crippen LogP contribution in [-0.4, -0.2) is 48.4 Å². The molecule has 24 heavy (non-hydrogen) atoms. The predicted octanol–water partition coefficient (Wildman–Crippen LogP) is 4.58. The van der Waals surface area contributed by atoms with Crippen LogP contribution >= 0.6 is 23.2 Å². The second-order valence-corrected chi connectivity index (χ2v) is 8.27. The molecule has 0 bridgehead atoms. The Morgan fingerprint density at radius 3 is 2.42 bits per heavy atom. The molecule has 2 saturated heterocycles. The van der Waals surface area contributed by atoms with Crippen LogP contribution in [0.3, 0.4) is 0 Å². The van der Waals surface area contributed by atoms with Crippen molar-refractivity contribution in [3.8, 4) is 0 Å². The molecule has 3 nitrogen and oxygen atoms in total. The number of amides is 1. The van der Waals surface area contributed by atoms with Crippen molar-refractivity contribution in [1.82, 2.24) is 9.80 Å². The minimum absolute atomic E-state index is 0.0522. The third kappa shape index (κ3) is 4.65. The summed E-state index contributed by atoms with van der Waals surface area (Å²) in [6.45, 7) is 7.54. The molecule has 2 fully saturated rings. The summed E-state index contributed by atoms with van der Waals surface area (Å²) in [5.41, 5.74) is 0.597. The van der Waals surface area contributed by atoms with E-state index in [2.05, 4.69) is 11.8 Å². The highest BCUT2D eigenvalue weighted by Crippen LogP contribution is 2.25. The van der Waals surface area contributed by atoms with Gasteiger partial charge in [0.2, 0.25) is 0 Å². The predicted molar refractivity (Wildman–Crippen MR) is 99.9 cm³/mol. The van der Waals surface area contributed by atoms with Crippen LogP contribution in [0.4, 0.5) is 0 Å². The molecule has 0 aromatic heterocycles. The average Bonchev–Trinajstić information content (AvgIpc) is 2.56. The molecule has 132 valence electrons. The molecule has 1 unspecified atom stereocenters. The highest BCUT2D eigenvalue weighted by Gasteiger charge is 2.27. The number of likely N-dealkylation sites (tertiary alicyclic amines) is 2. The summed E-state index contributed by atoms with van der Waals surface area (Å²) in [5, 5.41) is 1.03. The molecule has 0 aliphatic carbocycles. The highest BCUT2D eigenvalue weighted by atomic mass is 35.5. The molecule has 2 aliphatic heterocycles. The topological polar surface area (TPSA) is 23.6 Å². The van der Waals surface area contributed by atoms with Crippen molar-refractivity contribution in [2.75, 3.05) is 32.7 Å².